The molecule has 0 saturated heterocycles. The number of benzene rings is 2. The van der Waals surface area contributed by atoms with E-state index in [1.165, 1.54) is 11.1 Å². The van der Waals surface area contributed by atoms with E-state index in [9.17, 15) is 4.79 Å². The lowest BCUT2D eigenvalue weighted by atomic mass is 9.87. The number of halogens is 1. The third-order valence-electron chi connectivity index (χ3n) is 4.84. The maximum Gasteiger partial charge on any atom is 0.251 e. The van der Waals surface area contributed by atoms with Crippen molar-refractivity contribution in [2.24, 2.45) is 0 Å². The van der Waals surface area contributed by atoms with Crippen LogP contribution in [0.1, 0.15) is 45.9 Å². The number of fused-ring (bicyclic) bond motifs is 1. The molecule has 1 amide bonds. The van der Waals surface area contributed by atoms with Gasteiger partial charge in [0.15, 0.2) is 0 Å². The van der Waals surface area contributed by atoms with E-state index >= 15 is 0 Å². The highest BCUT2D eigenvalue weighted by Crippen LogP contribution is 2.29. The molecule has 0 spiro atoms. The first-order valence-electron chi connectivity index (χ1n) is 8.84. The van der Waals surface area contributed by atoms with Crippen molar-refractivity contribution in [3.63, 3.8) is 0 Å². The lowest BCUT2D eigenvalue weighted by Crippen LogP contribution is -2.30. The molecule has 1 aliphatic rings. The Balaban J connectivity index is 1.44. The fourth-order valence-electron chi connectivity index (χ4n) is 3.52. The van der Waals surface area contributed by atoms with Crippen LogP contribution < -0.4 is 5.32 Å². The molecule has 132 valence electrons. The molecule has 1 heterocycles. The average Bonchev–Trinajstić information content (AvgIpc) is 3.07. The monoisotopic (exact) mass is 409 g/mol. The number of carbonyl (C=O) groups excluding carboxylic acids is 1. The van der Waals surface area contributed by atoms with Gasteiger partial charge in [-0.05, 0) is 64.0 Å². The van der Waals surface area contributed by atoms with Crippen LogP contribution in [-0.2, 0) is 13.0 Å². The van der Waals surface area contributed by atoms with Gasteiger partial charge in [-0.3, -0.25) is 9.48 Å². The van der Waals surface area contributed by atoms with E-state index in [0.717, 1.165) is 29.3 Å². The lowest BCUT2D eigenvalue weighted by molar-refractivity contribution is 0.0932. The van der Waals surface area contributed by atoms with Crippen LogP contribution >= 0.6 is 15.9 Å². The molecular weight excluding hydrogens is 390 g/mol. The first-order chi connectivity index (χ1) is 12.7. The lowest BCUT2D eigenvalue weighted by Gasteiger charge is -2.26. The summed E-state index contributed by atoms with van der Waals surface area (Å²) in [7, 11) is 0. The number of rotatable bonds is 4. The number of aryl methyl sites for hydroxylation is 1. The van der Waals surface area contributed by atoms with Crippen molar-refractivity contribution in [2.75, 3.05) is 0 Å². The number of nitrogens with one attached hydrogen (secondary N) is 1. The maximum absolute atomic E-state index is 12.7. The van der Waals surface area contributed by atoms with E-state index in [0.29, 0.717) is 12.1 Å². The molecule has 0 unspecified atom stereocenters. The second-order valence-electron chi connectivity index (χ2n) is 6.67. The third-order valence-corrected chi connectivity index (χ3v) is 5.25. The molecule has 1 N–H and O–H groups in total. The fraction of sp³-hybridized carbons (Fsp3) is 0.238. The van der Waals surface area contributed by atoms with Crippen LogP contribution in [0.4, 0.5) is 0 Å². The average molecular weight is 410 g/mol. The minimum atomic E-state index is -0.0138. The normalized spacial score (nSPS) is 16.1. The Morgan fingerprint density at radius 3 is 2.77 bits per heavy atom. The van der Waals surface area contributed by atoms with E-state index in [1.54, 1.807) is 6.20 Å². The van der Waals surface area contributed by atoms with E-state index in [1.807, 2.05) is 41.2 Å². The van der Waals surface area contributed by atoms with Crippen molar-refractivity contribution in [1.29, 1.82) is 0 Å². The van der Waals surface area contributed by atoms with Gasteiger partial charge in [-0.2, -0.15) is 5.10 Å². The fourth-order valence-corrected chi connectivity index (χ4v) is 3.85. The van der Waals surface area contributed by atoms with Crippen molar-refractivity contribution in [2.45, 2.75) is 31.8 Å². The van der Waals surface area contributed by atoms with Gasteiger partial charge < -0.3 is 5.32 Å². The number of carbonyl (C=O) groups is 1. The number of hydrogen-bond acceptors (Lipinski definition) is 2. The van der Waals surface area contributed by atoms with Crippen LogP contribution in [0.25, 0.3) is 0 Å². The standard InChI is InChI=1S/C21H20BrN3O/c22-18-12-23-25(14-18)13-15-8-10-17(11-9-15)21(26)24-20-7-3-5-16-4-1-2-6-19(16)20/h1-2,4,6,8-12,14,20H,3,5,7,13H2,(H,24,26)/t20-/m1/s1. The Kier molecular flexibility index (Phi) is 4.89. The summed E-state index contributed by atoms with van der Waals surface area (Å²) in [6, 6.07) is 16.3. The highest BCUT2D eigenvalue weighted by atomic mass is 79.9. The zero-order chi connectivity index (χ0) is 17.9. The zero-order valence-electron chi connectivity index (χ0n) is 14.4. The minimum Gasteiger partial charge on any atom is -0.345 e. The van der Waals surface area contributed by atoms with Crippen LogP contribution in [0.15, 0.2) is 65.4 Å². The van der Waals surface area contributed by atoms with Crippen molar-refractivity contribution in [3.8, 4) is 0 Å². The van der Waals surface area contributed by atoms with Crippen LogP contribution in [0, 0.1) is 0 Å². The summed E-state index contributed by atoms with van der Waals surface area (Å²) in [6.45, 7) is 0.684. The maximum atomic E-state index is 12.7. The molecule has 4 nitrogen and oxygen atoms in total. The van der Waals surface area contributed by atoms with E-state index < -0.39 is 0 Å². The topological polar surface area (TPSA) is 46.9 Å². The summed E-state index contributed by atoms with van der Waals surface area (Å²) in [5, 5.41) is 7.46. The summed E-state index contributed by atoms with van der Waals surface area (Å²) in [5.74, 6) is -0.0138. The molecule has 1 aliphatic carbocycles. The van der Waals surface area contributed by atoms with Gasteiger partial charge in [0.1, 0.15) is 0 Å². The molecule has 0 aliphatic heterocycles. The zero-order valence-corrected chi connectivity index (χ0v) is 15.9. The number of aromatic nitrogens is 2. The van der Waals surface area contributed by atoms with Crippen LogP contribution in [-0.4, -0.2) is 15.7 Å². The van der Waals surface area contributed by atoms with Crippen LogP contribution in [0.2, 0.25) is 0 Å². The molecule has 0 saturated carbocycles. The molecule has 0 fully saturated rings. The van der Waals surface area contributed by atoms with Crippen molar-refractivity contribution in [3.05, 3.63) is 87.7 Å². The molecule has 0 radical (unpaired) electrons. The van der Waals surface area contributed by atoms with Gasteiger partial charge >= 0.3 is 0 Å². The quantitative estimate of drug-likeness (QED) is 0.689. The largest absolute Gasteiger partial charge is 0.345 e. The van der Waals surface area contributed by atoms with Gasteiger partial charge in [-0.1, -0.05) is 36.4 Å². The Labute approximate surface area is 161 Å². The second-order valence-corrected chi connectivity index (χ2v) is 7.59. The van der Waals surface area contributed by atoms with Crippen molar-refractivity contribution in [1.82, 2.24) is 15.1 Å². The van der Waals surface area contributed by atoms with Crippen LogP contribution in [0.5, 0.6) is 0 Å². The Bertz CT molecular complexity index is 917. The first kappa shape index (κ1) is 17.0. The molecule has 4 rings (SSSR count). The van der Waals surface area contributed by atoms with Gasteiger partial charge in [-0.15, -0.1) is 0 Å². The van der Waals surface area contributed by atoms with Gasteiger partial charge in [0, 0.05) is 11.8 Å². The van der Waals surface area contributed by atoms with Crippen LogP contribution in [0.3, 0.4) is 0 Å². The van der Waals surface area contributed by atoms with E-state index in [-0.39, 0.29) is 11.9 Å². The summed E-state index contributed by atoms with van der Waals surface area (Å²) in [5.41, 5.74) is 4.41. The first-order valence-corrected chi connectivity index (χ1v) is 9.64. The Morgan fingerprint density at radius 2 is 2.00 bits per heavy atom. The SMILES string of the molecule is O=C(N[C@@H]1CCCc2ccccc21)c1ccc(Cn2cc(Br)cn2)cc1. The highest BCUT2D eigenvalue weighted by Gasteiger charge is 2.21. The van der Waals surface area contributed by atoms with Gasteiger partial charge in [0.2, 0.25) is 0 Å². The molecule has 2 aromatic carbocycles. The Hall–Kier alpha value is -2.40. The van der Waals surface area contributed by atoms with E-state index in [4.69, 9.17) is 0 Å². The third kappa shape index (κ3) is 3.73. The predicted octanol–water partition coefficient (Wildman–Crippen LogP) is 4.50. The highest BCUT2D eigenvalue weighted by molar-refractivity contribution is 9.10. The van der Waals surface area contributed by atoms with Crippen molar-refractivity contribution < 1.29 is 4.79 Å². The molecule has 1 aromatic heterocycles. The molecule has 0 bridgehead atoms. The predicted molar refractivity (Wildman–Crippen MR) is 105 cm³/mol. The smallest absolute Gasteiger partial charge is 0.251 e. The van der Waals surface area contributed by atoms with E-state index in [2.05, 4.69) is 44.5 Å². The van der Waals surface area contributed by atoms with Crippen molar-refractivity contribution >= 4 is 21.8 Å². The number of hydrogen-bond donors (Lipinski definition) is 1. The molecule has 1 atom stereocenters. The van der Waals surface area contributed by atoms with Gasteiger partial charge in [0.25, 0.3) is 5.91 Å². The number of amides is 1. The molecule has 5 heteroatoms. The van der Waals surface area contributed by atoms with Gasteiger partial charge in [-0.25, -0.2) is 0 Å². The second kappa shape index (κ2) is 7.46. The summed E-state index contributed by atoms with van der Waals surface area (Å²) < 4.78 is 2.82. The summed E-state index contributed by atoms with van der Waals surface area (Å²) >= 11 is 3.40. The van der Waals surface area contributed by atoms with Gasteiger partial charge in [0.05, 0.1) is 23.3 Å². The number of nitrogens with zero attached hydrogens (tertiary/aromatic N) is 2. The summed E-state index contributed by atoms with van der Waals surface area (Å²) in [6.07, 6.45) is 6.90. The minimum absolute atomic E-state index is 0.0138. The molecule has 26 heavy (non-hydrogen) atoms. The molecule has 3 aromatic rings. The molecular formula is C21H20BrN3O. The summed E-state index contributed by atoms with van der Waals surface area (Å²) in [4.78, 5) is 12.7. The Morgan fingerprint density at radius 1 is 1.19 bits per heavy atom.